The van der Waals surface area contributed by atoms with Crippen molar-refractivity contribution in [1.82, 2.24) is 4.90 Å². The van der Waals surface area contributed by atoms with E-state index in [0.717, 1.165) is 11.1 Å². The van der Waals surface area contributed by atoms with Gasteiger partial charge in [-0.15, -0.1) is 13.2 Å². The maximum atomic E-state index is 12.5. The second-order valence-electron chi connectivity index (χ2n) is 5.20. The predicted molar refractivity (Wildman–Crippen MR) is 80.4 cm³/mol. The van der Waals surface area contributed by atoms with Crippen molar-refractivity contribution >= 4 is 5.69 Å². The normalized spacial score (nSPS) is 11.7. The molecule has 0 radical (unpaired) electrons. The van der Waals surface area contributed by atoms with Crippen molar-refractivity contribution in [1.29, 1.82) is 0 Å². The molecule has 0 aliphatic heterocycles. The Balaban J connectivity index is 2.53. The number of nitrogens with zero attached hydrogens (tertiary/aromatic N) is 1. The predicted octanol–water partition coefficient (Wildman–Crippen LogP) is 3.90. The van der Waals surface area contributed by atoms with Crippen LogP contribution in [0.5, 0.6) is 5.75 Å². The monoisotopic (exact) mass is 310 g/mol. The molecule has 6 heteroatoms. The number of anilines is 1. The molecule has 0 amide bonds. The van der Waals surface area contributed by atoms with Crippen LogP contribution in [-0.4, -0.2) is 25.4 Å². The van der Waals surface area contributed by atoms with Crippen LogP contribution in [0, 0.1) is 0 Å². The number of ether oxygens (including phenoxy) is 1. The Labute approximate surface area is 127 Å². The Morgan fingerprint density at radius 2 is 1.73 bits per heavy atom. The fraction of sp³-hybridized carbons (Fsp3) is 0.250. The van der Waals surface area contributed by atoms with Gasteiger partial charge in [0.05, 0.1) is 5.69 Å². The highest BCUT2D eigenvalue weighted by Crippen LogP contribution is 2.36. The quantitative estimate of drug-likeness (QED) is 0.871. The highest BCUT2D eigenvalue weighted by Gasteiger charge is 2.32. The largest absolute Gasteiger partial charge is 0.573 e. The van der Waals surface area contributed by atoms with E-state index in [-0.39, 0.29) is 11.4 Å². The van der Waals surface area contributed by atoms with E-state index in [1.54, 1.807) is 0 Å². The SMILES string of the molecule is CN(C)Cc1cc(N)c(OC(F)(F)F)cc1-c1ccccc1. The lowest BCUT2D eigenvalue weighted by Crippen LogP contribution is -2.18. The van der Waals surface area contributed by atoms with Gasteiger partial charge in [-0.1, -0.05) is 30.3 Å². The number of nitrogen functional groups attached to an aromatic ring is 1. The van der Waals surface area contributed by atoms with Crippen molar-refractivity contribution in [2.24, 2.45) is 0 Å². The van der Waals surface area contributed by atoms with Gasteiger partial charge in [0.1, 0.15) is 0 Å². The summed E-state index contributed by atoms with van der Waals surface area (Å²) >= 11 is 0. The van der Waals surface area contributed by atoms with E-state index in [4.69, 9.17) is 5.73 Å². The molecule has 2 N–H and O–H groups in total. The number of halogens is 3. The third-order valence-electron chi connectivity index (χ3n) is 3.03. The Kier molecular flexibility index (Phi) is 4.61. The van der Waals surface area contributed by atoms with E-state index >= 15 is 0 Å². The van der Waals surface area contributed by atoms with Gasteiger partial charge in [0.15, 0.2) is 5.75 Å². The van der Waals surface area contributed by atoms with Crippen molar-refractivity contribution in [3.8, 4) is 16.9 Å². The highest BCUT2D eigenvalue weighted by molar-refractivity contribution is 5.73. The fourth-order valence-electron chi connectivity index (χ4n) is 2.21. The summed E-state index contributed by atoms with van der Waals surface area (Å²) in [5.74, 6) is -0.381. The molecule has 0 atom stereocenters. The molecule has 0 saturated heterocycles. The van der Waals surface area contributed by atoms with Crippen LogP contribution in [0.25, 0.3) is 11.1 Å². The van der Waals surface area contributed by atoms with Gasteiger partial charge >= 0.3 is 6.36 Å². The van der Waals surface area contributed by atoms with Gasteiger partial charge in [-0.25, -0.2) is 0 Å². The first kappa shape index (κ1) is 16.2. The third kappa shape index (κ3) is 4.14. The minimum absolute atomic E-state index is 0.0335. The molecule has 0 unspecified atom stereocenters. The first-order valence-corrected chi connectivity index (χ1v) is 6.64. The second kappa shape index (κ2) is 6.27. The summed E-state index contributed by atoms with van der Waals surface area (Å²) in [6.07, 6.45) is -4.77. The van der Waals surface area contributed by atoms with Crippen molar-refractivity contribution in [2.75, 3.05) is 19.8 Å². The second-order valence-corrected chi connectivity index (χ2v) is 5.20. The lowest BCUT2D eigenvalue weighted by Gasteiger charge is -2.18. The van der Waals surface area contributed by atoms with Gasteiger partial charge in [0, 0.05) is 6.54 Å². The van der Waals surface area contributed by atoms with E-state index in [1.165, 1.54) is 12.1 Å². The summed E-state index contributed by atoms with van der Waals surface area (Å²) in [5.41, 5.74) is 7.99. The molecule has 0 saturated carbocycles. The molecule has 3 nitrogen and oxygen atoms in total. The third-order valence-corrected chi connectivity index (χ3v) is 3.03. The molecular weight excluding hydrogens is 293 g/mol. The Bertz CT molecular complexity index is 640. The molecule has 0 bridgehead atoms. The minimum Gasteiger partial charge on any atom is -0.404 e. The van der Waals surface area contributed by atoms with Gasteiger partial charge in [0.25, 0.3) is 0 Å². The fourth-order valence-corrected chi connectivity index (χ4v) is 2.21. The molecule has 0 fully saturated rings. The summed E-state index contributed by atoms with van der Waals surface area (Å²) in [6, 6.07) is 12.1. The number of alkyl halides is 3. The first-order chi connectivity index (χ1) is 10.3. The van der Waals surface area contributed by atoms with Gasteiger partial charge in [0.2, 0.25) is 0 Å². The van der Waals surface area contributed by atoms with E-state index in [1.807, 2.05) is 49.3 Å². The smallest absolute Gasteiger partial charge is 0.404 e. The molecule has 22 heavy (non-hydrogen) atoms. The molecule has 2 aromatic rings. The number of hydrogen-bond acceptors (Lipinski definition) is 3. The van der Waals surface area contributed by atoms with Crippen LogP contribution in [0.15, 0.2) is 42.5 Å². The topological polar surface area (TPSA) is 38.5 Å². The molecule has 0 spiro atoms. The molecule has 2 aromatic carbocycles. The summed E-state index contributed by atoms with van der Waals surface area (Å²) in [4.78, 5) is 1.92. The standard InChI is InChI=1S/C16H17F3N2O/c1-21(2)10-12-8-14(20)15(22-16(17,18)19)9-13(12)11-6-4-3-5-7-11/h3-9H,10,20H2,1-2H3. The summed E-state index contributed by atoms with van der Waals surface area (Å²) in [5, 5.41) is 0. The Morgan fingerprint density at radius 1 is 1.09 bits per heavy atom. The average Bonchev–Trinajstić information content (AvgIpc) is 2.41. The number of rotatable bonds is 4. The molecule has 118 valence electrons. The number of benzene rings is 2. The zero-order valence-electron chi connectivity index (χ0n) is 12.3. The van der Waals surface area contributed by atoms with Gasteiger partial charge in [-0.2, -0.15) is 0 Å². The molecular formula is C16H17F3N2O. The lowest BCUT2D eigenvalue weighted by molar-refractivity contribution is -0.274. The summed E-state index contributed by atoms with van der Waals surface area (Å²) in [7, 11) is 3.76. The molecule has 0 aliphatic carbocycles. The Hall–Kier alpha value is -2.21. The van der Waals surface area contributed by atoms with Crippen molar-refractivity contribution in [2.45, 2.75) is 12.9 Å². The van der Waals surface area contributed by atoms with Crippen molar-refractivity contribution < 1.29 is 17.9 Å². The summed E-state index contributed by atoms with van der Waals surface area (Å²) in [6.45, 7) is 0.556. The molecule has 0 aliphatic rings. The zero-order valence-corrected chi connectivity index (χ0v) is 12.3. The van der Waals surface area contributed by atoms with E-state index in [2.05, 4.69) is 4.74 Å². The van der Waals surface area contributed by atoms with E-state index in [9.17, 15) is 13.2 Å². The maximum absolute atomic E-state index is 12.5. The van der Waals surface area contributed by atoms with Crippen LogP contribution in [0.2, 0.25) is 0 Å². The Morgan fingerprint density at radius 3 is 2.27 bits per heavy atom. The number of hydrogen-bond donors (Lipinski definition) is 1. The van der Waals surface area contributed by atoms with Crippen LogP contribution < -0.4 is 10.5 Å². The van der Waals surface area contributed by atoms with Gasteiger partial charge in [-0.05, 0) is 42.9 Å². The van der Waals surface area contributed by atoms with Crippen LogP contribution >= 0.6 is 0 Å². The summed E-state index contributed by atoms with van der Waals surface area (Å²) < 4.78 is 41.5. The molecule has 2 rings (SSSR count). The lowest BCUT2D eigenvalue weighted by atomic mass is 9.98. The van der Waals surface area contributed by atoms with E-state index < -0.39 is 6.36 Å². The number of nitrogens with two attached hydrogens (primary N) is 1. The van der Waals surface area contributed by atoms with Crippen molar-refractivity contribution in [3.63, 3.8) is 0 Å². The van der Waals surface area contributed by atoms with E-state index in [0.29, 0.717) is 12.1 Å². The van der Waals surface area contributed by atoms with Gasteiger partial charge in [-0.3, -0.25) is 0 Å². The van der Waals surface area contributed by atoms with Gasteiger partial charge < -0.3 is 15.4 Å². The average molecular weight is 310 g/mol. The van der Waals surface area contributed by atoms with Crippen molar-refractivity contribution in [3.05, 3.63) is 48.0 Å². The molecule has 0 aromatic heterocycles. The zero-order chi connectivity index (χ0) is 16.3. The van der Waals surface area contributed by atoms with Crippen LogP contribution in [0.3, 0.4) is 0 Å². The molecule has 0 heterocycles. The highest BCUT2D eigenvalue weighted by atomic mass is 19.4. The van der Waals surface area contributed by atoms with Crippen LogP contribution in [0.1, 0.15) is 5.56 Å². The first-order valence-electron chi connectivity index (χ1n) is 6.64. The van der Waals surface area contributed by atoms with Crippen LogP contribution in [-0.2, 0) is 6.54 Å². The minimum atomic E-state index is -4.77. The maximum Gasteiger partial charge on any atom is 0.573 e. The van der Waals surface area contributed by atoms with Crippen LogP contribution in [0.4, 0.5) is 18.9 Å².